The Balaban J connectivity index is 3.03. The molecule has 1 aromatic carbocycles. The number of hydrogen-bond acceptors (Lipinski definition) is 3. The summed E-state index contributed by atoms with van der Waals surface area (Å²) in [6.07, 6.45) is 0.765. The quantitative estimate of drug-likeness (QED) is 0.870. The van der Waals surface area contributed by atoms with Crippen LogP contribution in [0.1, 0.15) is 38.3 Å². The molecule has 5 heteroatoms. The highest BCUT2D eigenvalue weighted by atomic mass is 32.2. The average Bonchev–Trinajstić information content (AvgIpc) is 2.38. The summed E-state index contributed by atoms with van der Waals surface area (Å²) in [7, 11) is -1.70. The fraction of sp³-hybridized carbons (Fsp3) is 0.571. The van der Waals surface area contributed by atoms with E-state index in [1.54, 1.807) is 7.05 Å². The van der Waals surface area contributed by atoms with Gasteiger partial charge in [-0.1, -0.05) is 31.2 Å². The van der Waals surface area contributed by atoms with Crippen LogP contribution < -0.4 is 5.73 Å². The van der Waals surface area contributed by atoms with Crippen molar-refractivity contribution in [3.05, 3.63) is 35.4 Å². The minimum absolute atomic E-state index is 0.000301. The molecule has 108 valence electrons. The van der Waals surface area contributed by atoms with Crippen LogP contribution in [-0.4, -0.2) is 25.3 Å². The van der Waals surface area contributed by atoms with E-state index in [1.165, 1.54) is 4.31 Å². The molecule has 1 rings (SSSR count). The van der Waals surface area contributed by atoms with E-state index in [-0.39, 0.29) is 11.3 Å². The van der Waals surface area contributed by atoms with Crippen LogP contribution in [0.5, 0.6) is 0 Å². The van der Waals surface area contributed by atoms with Gasteiger partial charge in [0, 0.05) is 19.1 Å². The molecule has 0 atom stereocenters. The van der Waals surface area contributed by atoms with E-state index < -0.39 is 10.0 Å². The van der Waals surface area contributed by atoms with Crippen molar-refractivity contribution in [2.24, 2.45) is 5.73 Å². The Morgan fingerprint density at radius 2 is 1.74 bits per heavy atom. The first-order valence-electron chi connectivity index (χ1n) is 6.48. The molecule has 0 spiro atoms. The van der Waals surface area contributed by atoms with Gasteiger partial charge in [-0.25, -0.2) is 8.42 Å². The number of sulfonamides is 1. The van der Waals surface area contributed by atoms with Crippen LogP contribution in [0, 0.1) is 0 Å². The van der Waals surface area contributed by atoms with Gasteiger partial charge in [0.2, 0.25) is 10.0 Å². The molecule has 0 unspecified atom stereocenters. The van der Waals surface area contributed by atoms with Gasteiger partial charge in [-0.2, -0.15) is 4.31 Å². The minimum atomic E-state index is -3.34. The maximum Gasteiger partial charge on any atom is 0.218 e. The van der Waals surface area contributed by atoms with Crippen molar-refractivity contribution in [2.45, 2.75) is 45.0 Å². The molecule has 0 saturated heterocycles. The molecule has 1 aromatic rings. The van der Waals surface area contributed by atoms with E-state index in [9.17, 15) is 8.42 Å². The van der Waals surface area contributed by atoms with Crippen LogP contribution in [0.3, 0.4) is 0 Å². The number of nitrogens with two attached hydrogens (primary N) is 1. The summed E-state index contributed by atoms with van der Waals surface area (Å²) >= 11 is 0. The maximum atomic E-state index is 12.5. The molecule has 0 amide bonds. The Kier molecular flexibility index (Phi) is 5.12. The van der Waals surface area contributed by atoms with Crippen molar-refractivity contribution in [1.82, 2.24) is 4.31 Å². The zero-order valence-corrected chi connectivity index (χ0v) is 13.0. The molecule has 0 aliphatic heterocycles. The van der Waals surface area contributed by atoms with Crippen LogP contribution in [-0.2, 0) is 22.3 Å². The lowest BCUT2D eigenvalue weighted by Crippen LogP contribution is -2.44. The van der Waals surface area contributed by atoms with Gasteiger partial charge < -0.3 is 5.73 Å². The minimum Gasteiger partial charge on any atom is -0.326 e. The van der Waals surface area contributed by atoms with E-state index >= 15 is 0 Å². The molecule has 0 bridgehead atoms. The van der Waals surface area contributed by atoms with Crippen molar-refractivity contribution in [1.29, 1.82) is 0 Å². The lowest BCUT2D eigenvalue weighted by Gasteiger charge is -2.33. The van der Waals surface area contributed by atoms with Crippen LogP contribution in [0.4, 0.5) is 0 Å². The summed E-state index contributed by atoms with van der Waals surface area (Å²) in [6, 6.07) is 7.41. The molecule has 0 saturated carbocycles. The third kappa shape index (κ3) is 3.78. The van der Waals surface area contributed by atoms with Gasteiger partial charge in [0.1, 0.15) is 0 Å². The summed E-state index contributed by atoms with van der Waals surface area (Å²) in [4.78, 5) is 0. The molecular formula is C14H24N2O2S. The standard InChI is InChI=1S/C14H24N2O2S/c1-5-14(2,3)16(4)19(17,18)11-13-9-7-6-8-12(13)10-15/h6-9H,5,10-11,15H2,1-4H3. The predicted molar refractivity (Wildman–Crippen MR) is 79.1 cm³/mol. The summed E-state index contributed by atoms with van der Waals surface area (Å²) in [5.41, 5.74) is 6.94. The first-order valence-corrected chi connectivity index (χ1v) is 8.09. The summed E-state index contributed by atoms with van der Waals surface area (Å²) in [5.74, 6) is 0.000301. The zero-order chi connectivity index (χ0) is 14.7. The molecule has 19 heavy (non-hydrogen) atoms. The second-order valence-electron chi connectivity index (χ2n) is 5.36. The first kappa shape index (κ1) is 16.1. The van der Waals surface area contributed by atoms with E-state index in [2.05, 4.69) is 0 Å². The highest BCUT2D eigenvalue weighted by Crippen LogP contribution is 2.23. The smallest absolute Gasteiger partial charge is 0.218 e. The normalized spacial score (nSPS) is 12.9. The number of benzene rings is 1. The Labute approximate surface area is 116 Å². The highest BCUT2D eigenvalue weighted by molar-refractivity contribution is 7.88. The largest absolute Gasteiger partial charge is 0.326 e. The second-order valence-corrected chi connectivity index (χ2v) is 7.36. The number of nitrogens with zero attached hydrogens (tertiary/aromatic N) is 1. The average molecular weight is 284 g/mol. The summed E-state index contributed by atoms with van der Waals surface area (Å²) in [5, 5.41) is 0. The molecule has 2 N–H and O–H groups in total. The van der Waals surface area contributed by atoms with E-state index in [1.807, 2.05) is 45.0 Å². The molecule has 0 aromatic heterocycles. The summed E-state index contributed by atoms with van der Waals surface area (Å²) < 4.78 is 26.4. The Bertz CT molecular complexity index is 524. The third-order valence-corrected chi connectivity index (χ3v) is 5.82. The lowest BCUT2D eigenvalue weighted by atomic mass is 10.0. The lowest BCUT2D eigenvalue weighted by molar-refractivity contribution is 0.257. The third-order valence-electron chi connectivity index (χ3n) is 3.81. The van der Waals surface area contributed by atoms with E-state index in [0.29, 0.717) is 6.54 Å². The fourth-order valence-electron chi connectivity index (χ4n) is 1.79. The molecule has 0 radical (unpaired) electrons. The van der Waals surface area contributed by atoms with Gasteiger partial charge in [-0.05, 0) is 31.4 Å². The van der Waals surface area contributed by atoms with Crippen molar-refractivity contribution in [3.63, 3.8) is 0 Å². The van der Waals surface area contributed by atoms with Gasteiger partial charge >= 0.3 is 0 Å². The van der Waals surface area contributed by atoms with Crippen LogP contribution in [0.2, 0.25) is 0 Å². The van der Waals surface area contributed by atoms with Gasteiger partial charge in [0.05, 0.1) is 5.75 Å². The maximum absolute atomic E-state index is 12.5. The molecule has 0 heterocycles. The summed E-state index contributed by atoms with van der Waals surface area (Å²) in [6.45, 7) is 6.20. The van der Waals surface area contributed by atoms with Crippen LogP contribution in [0.15, 0.2) is 24.3 Å². The number of rotatable bonds is 6. The first-order chi connectivity index (χ1) is 8.74. The molecule has 0 aliphatic rings. The molecule has 0 aliphatic carbocycles. The highest BCUT2D eigenvalue weighted by Gasteiger charge is 2.31. The van der Waals surface area contributed by atoms with Gasteiger partial charge in [-0.15, -0.1) is 0 Å². The second kappa shape index (κ2) is 6.03. The monoisotopic (exact) mass is 284 g/mol. The van der Waals surface area contributed by atoms with Crippen molar-refractivity contribution in [2.75, 3.05) is 7.05 Å². The Morgan fingerprint density at radius 3 is 2.21 bits per heavy atom. The van der Waals surface area contributed by atoms with Gasteiger partial charge in [0.25, 0.3) is 0 Å². The van der Waals surface area contributed by atoms with Crippen molar-refractivity contribution in [3.8, 4) is 0 Å². The van der Waals surface area contributed by atoms with E-state index in [4.69, 9.17) is 5.73 Å². The number of hydrogen-bond donors (Lipinski definition) is 1. The van der Waals surface area contributed by atoms with Crippen LogP contribution in [0.25, 0.3) is 0 Å². The predicted octanol–water partition coefficient (Wildman–Crippen LogP) is 2.10. The Hall–Kier alpha value is -0.910. The van der Waals surface area contributed by atoms with Crippen molar-refractivity contribution >= 4 is 10.0 Å². The molecular weight excluding hydrogens is 260 g/mol. The zero-order valence-electron chi connectivity index (χ0n) is 12.2. The van der Waals surface area contributed by atoms with Crippen molar-refractivity contribution < 1.29 is 8.42 Å². The molecule has 4 nitrogen and oxygen atoms in total. The SMILES string of the molecule is CCC(C)(C)N(C)S(=O)(=O)Cc1ccccc1CN. The van der Waals surface area contributed by atoms with Gasteiger partial charge in [-0.3, -0.25) is 0 Å². The molecule has 0 fully saturated rings. The Morgan fingerprint density at radius 1 is 1.21 bits per heavy atom. The van der Waals surface area contributed by atoms with E-state index in [0.717, 1.165) is 17.5 Å². The van der Waals surface area contributed by atoms with Gasteiger partial charge in [0.15, 0.2) is 0 Å². The topological polar surface area (TPSA) is 63.4 Å². The fourth-order valence-corrected chi connectivity index (χ4v) is 3.54. The van der Waals surface area contributed by atoms with Crippen LogP contribution >= 0.6 is 0 Å².